The van der Waals surface area contributed by atoms with E-state index < -0.39 is 0 Å². The molecule has 21 heavy (non-hydrogen) atoms. The van der Waals surface area contributed by atoms with Crippen LogP contribution in [0.2, 0.25) is 0 Å². The van der Waals surface area contributed by atoms with Crippen LogP contribution in [-0.2, 0) is 13.0 Å². The van der Waals surface area contributed by atoms with Crippen LogP contribution < -0.4 is 0 Å². The Morgan fingerprint density at radius 2 is 2.19 bits per heavy atom. The summed E-state index contributed by atoms with van der Waals surface area (Å²) in [6.45, 7) is 8.23. The highest BCUT2D eigenvalue weighted by atomic mass is 14.9. The molecule has 2 nitrogen and oxygen atoms in total. The fraction of sp³-hybridized carbons (Fsp3) is 0.263. The largest absolute Gasteiger partial charge is 0.261 e. The molecule has 2 rings (SSSR count). The second kappa shape index (κ2) is 7.53. The Kier molecular flexibility index (Phi) is 5.44. The summed E-state index contributed by atoms with van der Waals surface area (Å²) in [5.41, 5.74) is 4.96. The Balaban J connectivity index is 2.19. The molecule has 0 amide bonds. The predicted molar refractivity (Wildman–Crippen MR) is 93.1 cm³/mol. The van der Waals surface area contributed by atoms with Gasteiger partial charge in [-0.2, -0.15) is 0 Å². The van der Waals surface area contributed by atoms with Crippen LogP contribution in [0.1, 0.15) is 37.0 Å². The molecule has 0 saturated heterocycles. The van der Waals surface area contributed by atoms with Crippen molar-refractivity contribution in [3.8, 4) is 0 Å². The monoisotopic (exact) mass is 278 g/mol. The minimum Gasteiger partial charge on any atom is -0.261 e. The SMILES string of the molecule is C=NC(=NCc1ccc2c(c1)C=CCC2)C(/C=C\C)=C/C. The maximum absolute atomic E-state index is 4.60. The van der Waals surface area contributed by atoms with E-state index in [1.54, 1.807) is 0 Å². The number of rotatable bonds is 4. The molecule has 1 aliphatic rings. The van der Waals surface area contributed by atoms with Crippen LogP contribution in [0.3, 0.4) is 0 Å². The molecule has 0 aromatic heterocycles. The lowest BCUT2D eigenvalue weighted by Crippen LogP contribution is -1.99. The van der Waals surface area contributed by atoms with Crippen molar-refractivity contribution in [3.63, 3.8) is 0 Å². The third kappa shape index (κ3) is 3.88. The standard InChI is InChI=1S/C19H22N2/c1-4-8-16(5-2)19(20-3)21-14-15-11-12-17-9-6-7-10-18(17)13-15/h4-5,7-8,10-13H,3,6,9,14H2,1-2H3/b8-4-,16-5+,21-19?. The molecule has 0 saturated carbocycles. The number of fused-ring (bicyclic) bond motifs is 1. The number of hydrogen-bond acceptors (Lipinski definition) is 1. The zero-order chi connectivity index (χ0) is 15.1. The maximum atomic E-state index is 4.60. The number of amidine groups is 1. The molecule has 0 heterocycles. The normalized spacial score (nSPS) is 15.3. The van der Waals surface area contributed by atoms with Gasteiger partial charge in [-0.3, -0.25) is 4.99 Å². The predicted octanol–water partition coefficient (Wildman–Crippen LogP) is 4.77. The van der Waals surface area contributed by atoms with Crippen LogP contribution >= 0.6 is 0 Å². The molecule has 0 fully saturated rings. The fourth-order valence-electron chi connectivity index (χ4n) is 2.45. The molecule has 0 bridgehead atoms. The first-order valence-electron chi connectivity index (χ1n) is 7.37. The minimum absolute atomic E-state index is 0.629. The van der Waals surface area contributed by atoms with Crippen LogP contribution in [0.25, 0.3) is 6.08 Å². The molecule has 0 aliphatic heterocycles. The van der Waals surface area contributed by atoms with Crippen molar-refractivity contribution < 1.29 is 0 Å². The highest BCUT2D eigenvalue weighted by molar-refractivity contribution is 6.03. The molecule has 0 N–H and O–H groups in total. The Bertz CT molecular complexity index is 631. The number of hydrogen-bond donors (Lipinski definition) is 0. The van der Waals surface area contributed by atoms with Crippen molar-refractivity contribution in [2.75, 3.05) is 0 Å². The number of benzene rings is 1. The van der Waals surface area contributed by atoms with Crippen LogP contribution in [0, 0.1) is 0 Å². The van der Waals surface area contributed by atoms with Crippen molar-refractivity contribution in [1.29, 1.82) is 0 Å². The molecule has 1 aliphatic carbocycles. The van der Waals surface area contributed by atoms with E-state index in [1.807, 2.05) is 32.1 Å². The summed E-state index contributed by atoms with van der Waals surface area (Å²) in [5, 5.41) is 0. The van der Waals surface area contributed by atoms with E-state index in [2.05, 4.69) is 47.1 Å². The second-order valence-electron chi connectivity index (χ2n) is 5.02. The van der Waals surface area contributed by atoms with E-state index in [9.17, 15) is 0 Å². The van der Waals surface area contributed by atoms with Gasteiger partial charge < -0.3 is 0 Å². The van der Waals surface area contributed by atoms with Gasteiger partial charge in [-0.05, 0) is 56.2 Å². The summed E-state index contributed by atoms with van der Waals surface area (Å²) in [6, 6.07) is 6.60. The van der Waals surface area contributed by atoms with E-state index in [-0.39, 0.29) is 0 Å². The average molecular weight is 278 g/mol. The summed E-state index contributed by atoms with van der Waals surface area (Å²) in [7, 11) is 0. The number of allylic oxidation sites excluding steroid dienone is 3. The van der Waals surface area contributed by atoms with Gasteiger partial charge in [0.15, 0.2) is 5.84 Å². The van der Waals surface area contributed by atoms with E-state index in [1.165, 1.54) is 16.7 Å². The molecule has 0 unspecified atom stereocenters. The lowest BCUT2D eigenvalue weighted by atomic mass is 9.95. The lowest BCUT2D eigenvalue weighted by Gasteiger charge is -2.11. The van der Waals surface area contributed by atoms with Gasteiger partial charge in [0.2, 0.25) is 0 Å². The second-order valence-corrected chi connectivity index (χ2v) is 5.02. The van der Waals surface area contributed by atoms with Crippen molar-refractivity contribution in [3.05, 3.63) is 64.8 Å². The van der Waals surface area contributed by atoms with Crippen molar-refractivity contribution in [2.45, 2.75) is 33.2 Å². The fourth-order valence-corrected chi connectivity index (χ4v) is 2.45. The van der Waals surface area contributed by atoms with Gasteiger partial charge in [0.05, 0.1) is 6.54 Å². The Labute approximate surface area is 127 Å². The summed E-state index contributed by atoms with van der Waals surface area (Å²) in [5.74, 6) is 0.698. The van der Waals surface area contributed by atoms with Gasteiger partial charge in [-0.15, -0.1) is 0 Å². The average Bonchev–Trinajstić information content (AvgIpc) is 2.54. The first kappa shape index (κ1) is 15.2. The quantitative estimate of drug-likeness (QED) is 0.431. The summed E-state index contributed by atoms with van der Waals surface area (Å²) >= 11 is 0. The van der Waals surface area contributed by atoms with Gasteiger partial charge >= 0.3 is 0 Å². The summed E-state index contributed by atoms with van der Waals surface area (Å²) < 4.78 is 0. The topological polar surface area (TPSA) is 24.7 Å². The molecule has 0 radical (unpaired) electrons. The first-order valence-corrected chi connectivity index (χ1v) is 7.37. The van der Waals surface area contributed by atoms with E-state index >= 15 is 0 Å². The van der Waals surface area contributed by atoms with Gasteiger partial charge in [-0.25, -0.2) is 4.99 Å². The first-order chi connectivity index (χ1) is 10.3. The number of nitrogens with zero attached hydrogens (tertiary/aromatic N) is 2. The summed E-state index contributed by atoms with van der Waals surface area (Å²) in [4.78, 5) is 8.64. The van der Waals surface area contributed by atoms with Crippen LogP contribution in [0.5, 0.6) is 0 Å². The molecule has 2 heteroatoms. The van der Waals surface area contributed by atoms with E-state index in [0.29, 0.717) is 12.4 Å². The third-order valence-electron chi connectivity index (χ3n) is 3.56. The van der Waals surface area contributed by atoms with Gasteiger partial charge in [-0.1, -0.05) is 42.5 Å². The molecular formula is C19H22N2. The minimum atomic E-state index is 0.629. The maximum Gasteiger partial charge on any atom is 0.153 e. The molecule has 0 atom stereocenters. The van der Waals surface area contributed by atoms with Gasteiger partial charge in [0.1, 0.15) is 0 Å². The zero-order valence-electron chi connectivity index (χ0n) is 12.8. The molecule has 0 spiro atoms. The number of aliphatic imine (C=N–C) groups is 2. The molecular weight excluding hydrogens is 256 g/mol. The van der Waals surface area contributed by atoms with Crippen molar-refractivity contribution >= 4 is 18.6 Å². The highest BCUT2D eigenvalue weighted by Crippen LogP contribution is 2.21. The Morgan fingerprint density at radius 1 is 1.33 bits per heavy atom. The van der Waals surface area contributed by atoms with E-state index in [0.717, 1.165) is 18.4 Å². The van der Waals surface area contributed by atoms with Crippen molar-refractivity contribution in [2.24, 2.45) is 9.98 Å². The van der Waals surface area contributed by atoms with E-state index in [4.69, 9.17) is 0 Å². The van der Waals surface area contributed by atoms with Crippen LogP contribution in [0.4, 0.5) is 0 Å². The number of aryl methyl sites for hydroxylation is 1. The van der Waals surface area contributed by atoms with Crippen molar-refractivity contribution in [1.82, 2.24) is 0 Å². The summed E-state index contributed by atoms with van der Waals surface area (Å²) in [6.07, 6.45) is 12.7. The molecule has 108 valence electrons. The molecule has 1 aromatic rings. The van der Waals surface area contributed by atoms with Gasteiger partial charge in [0, 0.05) is 5.57 Å². The third-order valence-corrected chi connectivity index (χ3v) is 3.56. The Morgan fingerprint density at radius 3 is 2.90 bits per heavy atom. The lowest BCUT2D eigenvalue weighted by molar-refractivity contribution is 0.975. The molecule has 1 aromatic carbocycles. The van der Waals surface area contributed by atoms with Crippen LogP contribution in [0.15, 0.2) is 58.1 Å². The zero-order valence-corrected chi connectivity index (χ0v) is 12.8. The van der Waals surface area contributed by atoms with Crippen LogP contribution in [-0.4, -0.2) is 12.6 Å². The highest BCUT2D eigenvalue weighted by Gasteiger charge is 2.05. The van der Waals surface area contributed by atoms with Gasteiger partial charge in [0.25, 0.3) is 0 Å². The smallest absolute Gasteiger partial charge is 0.153 e. The Hall–Kier alpha value is -2.22.